The lowest BCUT2D eigenvalue weighted by Crippen LogP contribution is -2.21. The molecule has 0 spiro atoms. The number of fused-ring (bicyclic) bond motifs is 1. The normalized spacial score (nSPS) is 15.2. The minimum absolute atomic E-state index is 0.405. The van der Waals surface area contributed by atoms with Gasteiger partial charge in [0.2, 0.25) is 5.91 Å². The average molecular weight is 372 g/mol. The first-order valence-electron chi connectivity index (χ1n) is 9.67. The van der Waals surface area contributed by atoms with Crippen molar-refractivity contribution in [3.63, 3.8) is 0 Å². The van der Waals surface area contributed by atoms with Gasteiger partial charge in [-0.15, -0.1) is 0 Å². The molecule has 3 N–H and O–H groups in total. The van der Waals surface area contributed by atoms with Gasteiger partial charge in [-0.2, -0.15) is 0 Å². The van der Waals surface area contributed by atoms with Gasteiger partial charge in [-0.3, -0.25) is 4.79 Å². The predicted molar refractivity (Wildman–Crippen MR) is 111 cm³/mol. The van der Waals surface area contributed by atoms with Crippen molar-refractivity contribution < 1.29 is 9.53 Å². The average Bonchev–Trinajstić information content (AvgIpc) is 3.11. The van der Waals surface area contributed by atoms with E-state index in [0.717, 1.165) is 31.6 Å². The molecular weight excluding hydrogens is 348 g/mol. The lowest BCUT2D eigenvalue weighted by atomic mass is 10.1. The molecule has 4 heteroatoms. The van der Waals surface area contributed by atoms with Crippen LogP contribution < -0.4 is 15.8 Å². The van der Waals surface area contributed by atoms with Gasteiger partial charge in [0.05, 0.1) is 0 Å². The summed E-state index contributed by atoms with van der Waals surface area (Å²) in [4.78, 5) is 11.2. The first-order chi connectivity index (χ1) is 13.7. The summed E-state index contributed by atoms with van der Waals surface area (Å²) in [5.74, 6) is 1.07. The molecule has 4 nitrogen and oxygen atoms in total. The molecule has 0 fully saturated rings. The lowest BCUT2D eigenvalue weighted by Gasteiger charge is -2.15. The van der Waals surface area contributed by atoms with E-state index in [1.807, 2.05) is 6.07 Å². The standard InChI is InChI=1S/C24H24N2O2/c25-24(27)18-6-9-20(10-7-18)28-21-11-12-22-19(16-21)8-13-23(22)26-15-14-17-4-2-1-3-5-17/h1-7,9-12,16,23,26H,8,13-15H2,(H2,25,27). The van der Waals surface area contributed by atoms with Gasteiger partial charge in [0.15, 0.2) is 0 Å². The molecule has 142 valence electrons. The van der Waals surface area contributed by atoms with Crippen molar-refractivity contribution >= 4 is 5.91 Å². The number of carbonyl (C=O) groups excluding carboxylic acids is 1. The summed E-state index contributed by atoms with van der Waals surface area (Å²) < 4.78 is 5.94. The van der Waals surface area contributed by atoms with Gasteiger partial charge in [-0.1, -0.05) is 36.4 Å². The van der Waals surface area contributed by atoms with Crippen LogP contribution in [0.3, 0.4) is 0 Å². The smallest absolute Gasteiger partial charge is 0.248 e. The Kier molecular flexibility index (Phi) is 5.40. The summed E-state index contributed by atoms with van der Waals surface area (Å²) in [6.45, 7) is 0.971. The Balaban J connectivity index is 1.37. The van der Waals surface area contributed by atoms with E-state index in [1.165, 1.54) is 16.7 Å². The minimum atomic E-state index is -0.435. The van der Waals surface area contributed by atoms with Gasteiger partial charge in [-0.05, 0) is 78.9 Å². The molecule has 3 aromatic rings. The van der Waals surface area contributed by atoms with Crippen LogP contribution in [0.25, 0.3) is 0 Å². The Hall–Kier alpha value is -3.11. The van der Waals surface area contributed by atoms with E-state index in [1.54, 1.807) is 24.3 Å². The van der Waals surface area contributed by atoms with Crippen molar-refractivity contribution in [3.05, 3.63) is 95.1 Å². The van der Waals surface area contributed by atoms with Crippen molar-refractivity contribution in [2.24, 2.45) is 5.73 Å². The molecule has 1 atom stereocenters. The Bertz CT molecular complexity index is 952. The first kappa shape index (κ1) is 18.3. The largest absolute Gasteiger partial charge is 0.457 e. The quantitative estimate of drug-likeness (QED) is 0.646. The monoisotopic (exact) mass is 372 g/mol. The van der Waals surface area contributed by atoms with Crippen LogP contribution in [0, 0.1) is 0 Å². The number of primary amides is 1. The molecule has 0 aromatic heterocycles. The number of rotatable bonds is 7. The molecule has 0 heterocycles. The summed E-state index contributed by atoms with van der Waals surface area (Å²) >= 11 is 0. The number of nitrogens with two attached hydrogens (primary N) is 1. The van der Waals surface area contributed by atoms with Gasteiger partial charge >= 0.3 is 0 Å². The van der Waals surface area contributed by atoms with E-state index in [2.05, 4.69) is 47.8 Å². The van der Waals surface area contributed by atoms with Crippen LogP contribution in [0.15, 0.2) is 72.8 Å². The number of hydrogen-bond acceptors (Lipinski definition) is 3. The van der Waals surface area contributed by atoms with Gasteiger partial charge in [0, 0.05) is 11.6 Å². The van der Waals surface area contributed by atoms with E-state index in [4.69, 9.17) is 10.5 Å². The number of carbonyl (C=O) groups is 1. The third-order valence-corrected chi connectivity index (χ3v) is 5.21. The maximum absolute atomic E-state index is 11.2. The SMILES string of the molecule is NC(=O)c1ccc(Oc2ccc3c(c2)CCC3NCCc2ccccc2)cc1. The van der Waals surface area contributed by atoms with Crippen LogP contribution in [0.5, 0.6) is 11.5 Å². The fraction of sp³-hybridized carbons (Fsp3) is 0.208. The summed E-state index contributed by atoms with van der Waals surface area (Å²) in [6.07, 6.45) is 3.20. The van der Waals surface area contributed by atoms with Crippen molar-refractivity contribution in [1.82, 2.24) is 5.32 Å². The van der Waals surface area contributed by atoms with Crippen LogP contribution in [-0.2, 0) is 12.8 Å². The molecule has 1 aliphatic rings. The molecule has 3 aromatic carbocycles. The van der Waals surface area contributed by atoms with Crippen LogP contribution in [-0.4, -0.2) is 12.5 Å². The summed E-state index contributed by atoms with van der Waals surface area (Å²) in [5.41, 5.74) is 9.81. The lowest BCUT2D eigenvalue weighted by molar-refractivity contribution is 0.100. The van der Waals surface area contributed by atoms with Crippen LogP contribution in [0.2, 0.25) is 0 Å². The van der Waals surface area contributed by atoms with E-state index >= 15 is 0 Å². The summed E-state index contributed by atoms with van der Waals surface area (Å²) in [7, 11) is 0. The molecular formula is C24H24N2O2. The van der Waals surface area contributed by atoms with Crippen molar-refractivity contribution in [3.8, 4) is 11.5 Å². The molecule has 1 amide bonds. The molecule has 0 radical (unpaired) electrons. The predicted octanol–water partition coefficient (Wildman–Crippen LogP) is 4.40. The molecule has 0 aliphatic heterocycles. The highest BCUT2D eigenvalue weighted by atomic mass is 16.5. The van der Waals surface area contributed by atoms with Gasteiger partial charge < -0.3 is 15.8 Å². The van der Waals surface area contributed by atoms with Crippen molar-refractivity contribution in [2.75, 3.05) is 6.54 Å². The Morgan fingerprint density at radius 1 is 1.00 bits per heavy atom. The molecule has 0 saturated carbocycles. The van der Waals surface area contributed by atoms with Gasteiger partial charge in [-0.25, -0.2) is 0 Å². The fourth-order valence-corrected chi connectivity index (χ4v) is 3.73. The second-order valence-corrected chi connectivity index (χ2v) is 7.13. The second kappa shape index (κ2) is 8.28. The minimum Gasteiger partial charge on any atom is -0.457 e. The van der Waals surface area contributed by atoms with Gasteiger partial charge in [0.1, 0.15) is 11.5 Å². The summed E-state index contributed by atoms with van der Waals surface area (Å²) in [5, 5.41) is 3.69. The zero-order valence-corrected chi connectivity index (χ0v) is 15.7. The van der Waals surface area contributed by atoms with Crippen LogP contribution in [0.1, 0.15) is 39.5 Å². The topological polar surface area (TPSA) is 64.4 Å². The Labute approximate surface area is 165 Å². The van der Waals surface area contributed by atoms with Crippen molar-refractivity contribution in [1.29, 1.82) is 0 Å². The van der Waals surface area contributed by atoms with Crippen LogP contribution >= 0.6 is 0 Å². The van der Waals surface area contributed by atoms with E-state index < -0.39 is 5.91 Å². The highest BCUT2D eigenvalue weighted by Gasteiger charge is 2.22. The third kappa shape index (κ3) is 4.24. The summed E-state index contributed by atoms with van der Waals surface area (Å²) in [6, 6.07) is 24.2. The zero-order chi connectivity index (χ0) is 19.3. The fourth-order valence-electron chi connectivity index (χ4n) is 3.73. The Morgan fingerprint density at radius 3 is 2.50 bits per heavy atom. The first-order valence-corrected chi connectivity index (χ1v) is 9.67. The number of benzene rings is 3. The van der Waals surface area contributed by atoms with E-state index in [-0.39, 0.29) is 0 Å². The van der Waals surface area contributed by atoms with E-state index in [0.29, 0.717) is 17.4 Å². The second-order valence-electron chi connectivity index (χ2n) is 7.13. The Morgan fingerprint density at radius 2 is 1.75 bits per heavy atom. The van der Waals surface area contributed by atoms with E-state index in [9.17, 15) is 4.79 Å². The number of hydrogen-bond donors (Lipinski definition) is 2. The van der Waals surface area contributed by atoms with Crippen LogP contribution in [0.4, 0.5) is 0 Å². The number of ether oxygens (including phenoxy) is 1. The molecule has 4 rings (SSSR count). The molecule has 1 unspecified atom stereocenters. The molecule has 0 bridgehead atoms. The highest BCUT2D eigenvalue weighted by molar-refractivity contribution is 5.92. The van der Waals surface area contributed by atoms with Gasteiger partial charge in [0.25, 0.3) is 0 Å². The number of aryl methyl sites for hydroxylation is 1. The molecule has 1 aliphatic carbocycles. The molecule has 28 heavy (non-hydrogen) atoms. The molecule has 0 saturated heterocycles. The highest BCUT2D eigenvalue weighted by Crippen LogP contribution is 2.34. The number of nitrogens with one attached hydrogen (secondary N) is 1. The van der Waals surface area contributed by atoms with Crippen molar-refractivity contribution in [2.45, 2.75) is 25.3 Å². The third-order valence-electron chi connectivity index (χ3n) is 5.21. The maximum atomic E-state index is 11.2. The maximum Gasteiger partial charge on any atom is 0.248 e. The number of amides is 1. The zero-order valence-electron chi connectivity index (χ0n) is 15.7.